The fraction of sp³-hybridized carbons (Fsp3) is 0.235. The Morgan fingerprint density at radius 2 is 1.86 bits per heavy atom. The molecule has 0 aromatic heterocycles. The molecule has 0 fully saturated rings. The van der Waals surface area contributed by atoms with Gasteiger partial charge in [-0.15, -0.1) is 0 Å². The molecule has 0 saturated carbocycles. The summed E-state index contributed by atoms with van der Waals surface area (Å²) in [6, 6.07) is 10.6. The molecule has 0 radical (unpaired) electrons. The second-order valence-electron chi connectivity index (χ2n) is 5.11. The molecule has 0 heterocycles. The number of rotatable bonds is 4. The zero-order valence-corrected chi connectivity index (χ0v) is 12.5. The minimum absolute atomic E-state index is 0.0931. The smallest absolute Gasteiger partial charge is 0.243 e. The number of hydrogen-bond acceptors (Lipinski definition) is 2. The molecular formula is C17H19FN2O. The number of hydrogen-bond donors (Lipinski definition) is 2. The Balaban J connectivity index is 1.96. The number of aryl methyl sites for hydroxylation is 2. The molecule has 1 amide bonds. The lowest BCUT2D eigenvalue weighted by Gasteiger charge is -2.11. The van der Waals surface area contributed by atoms with E-state index in [0.29, 0.717) is 11.3 Å². The maximum absolute atomic E-state index is 13.4. The topological polar surface area (TPSA) is 41.1 Å². The first-order valence-electron chi connectivity index (χ1n) is 6.83. The summed E-state index contributed by atoms with van der Waals surface area (Å²) in [7, 11) is 0. The Morgan fingerprint density at radius 3 is 2.57 bits per heavy atom. The Bertz CT molecular complexity index is 668. The van der Waals surface area contributed by atoms with Crippen LogP contribution in [0.5, 0.6) is 0 Å². The molecule has 21 heavy (non-hydrogen) atoms. The average molecular weight is 286 g/mol. The fourth-order valence-corrected chi connectivity index (χ4v) is 1.97. The SMILES string of the molecule is Cc1ccc(NCC(=O)Nc2cccc(C)c2C)cc1F. The molecule has 0 bridgehead atoms. The lowest BCUT2D eigenvalue weighted by atomic mass is 10.1. The summed E-state index contributed by atoms with van der Waals surface area (Å²) >= 11 is 0. The quantitative estimate of drug-likeness (QED) is 0.897. The van der Waals surface area contributed by atoms with Gasteiger partial charge < -0.3 is 10.6 Å². The third kappa shape index (κ3) is 3.81. The van der Waals surface area contributed by atoms with Gasteiger partial charge in [0.05, 0.1) is 6.54 Å². The third-order valence-electron chi connectivity index (χ3n) is 3.50. The van der Waals surface area contributed by atoms with Gasteiger partial charge in [-0.05, 0) is 55.7 Å². The number of nitrogens with one attached hydrogen (secondary N) is 2. The molecular weight excluding hydrogens is 267 g/mol. The number of benzene rings is 2. The minimum Gasteiger partial charge on any atom is -0.376 e. The number of anilines is 2. The van der Waals surface area contributed by atoms with Gasteiger partial charge in [-0.1, -0.05) is 18.2 Å². The van der Waals surface area contributed by atoms with E-state index < -0.39 is 0 Å². The third-order valence-corrected chi connectivity index (χ3v) is 3.50. The summed E-state index contributed by atoms with van der Waals surface area (Å²) in [4.78, 5) is 11.9. The molecule has 0 saturated heterocycles. The molecule has 110 valence electrons. The van der Waals surface area contributed by atoms with Gasteiger partial charge in [0.25, 0.3) is 0 Å². The number of carbonyl (C=O) groups is 1. The highest BCUT2D eigenvalue weighted by atomic mass is 19.1. The van der Waals surface area contributed by atoms with Crippen molar-refractivity contribution in [2.75, 3.05) is 17.2 Å². The summed E-state index contributed by atoms with van der Waals surface area (Å²) < 4.78 is 13.4. The highest BCUT2D eigenvalue weighted by Gasteiger charge is 2.06. The van der Waals surface area contributed by atoms with Crippen LogP contribution >= 0.6 is 0 Å². The Morgan fingerprint density at radius 1 is 1.10 bits per heavy atom. The van der Waals surface area contributed by atoms with E-state index in [9.17, 15) is 9.18 Å². The van der Waals surface area contributed by atoms with Gasteiger partial charge in [-0.25, -0.2) is 4.39 Å². The second kappa shape index (κ2) is 6.39. The normalized spacial score (nSPS) is 10.3. The number of amides is 1. The predicted octanol–water partition coefficient (Wildman–Crippen LogP) is 3.80. The van der Waals surface area contributed by atoms with Crippen LogP contribution < -0.4 is 10.6 Å². The van der Waals surface area contributed by atoms with Crippen LogP contribution in [0.25, 0.3) is 0 Å². The van der Waals surface area contributed by atoms with E-state index >= 15 is 0 Å². The number of carbonyl (C=O) groups excluding carboxylic acids is 1. The summed E-state index contributed by atoms with van der Waals surface area (Å²) in [5.74, 6) is -0.445. The lowest BCUT2D eigenvalue weighted by molar-refractivity contribution is -0.114. The highest BCUT2D eigenvalue weighted by molar-refractivity contribution is 5.94. The van der Waals surface area contributed by atoms with Gasteiger partial charge >= 0.3 is 0 Å². The maximum Gasteiger partial charge on any atom is 0.243 e. The minimum atomic E-state index is -0.282. The van der Waals surface area contributed by atoms with Crippen LogP contribution in [0.2, 0.25) is 0 Å². The Labute approximate surface area is 124 Å². The molecule has 0 aliphatic rings. The first-order chi connectivity index (χ1) is 9.97. The maximum atomic E-state index is 13.4. The number of halogens is 1. The predicted molar refractivity (Wildman–Crippen MR) is 84.2 cm³/mol. The summed E-state index contributed by atoms with van der Waals surface area (Å²) in [6.07, 6.45) is 0. The monoisotopic (exact) mass is 286 g/mol. The van der Waals surface area contributed by atoms with Gasteiger partial charge in [0.15, 0.2) is 0 Å². The van der Waals surface area contributed by atoms with Gasteiger partial charge in [-0.3, -0.25) is 4.79 Å². The van der Waals surface area contributed by atoms with Crippen molar-refractivity contribution < 1.29 is 9.18 Å². The Kier molecular flexibility index (Phi) is 4.58. The van der Waals surface area contributed by atoms with Gasteiger partial charge in [0.2, 0.25) is 5.91 Å². The van der Waals surface area contributed by atoms with Crippen molar-refractivity contribution in [3.63, 3.8) is 0 Å². The zero-order chi connectivity index (χ0) is 15.4. The summed E-state index contributed by atoms with van der Waals surface area (Å²) in [5.41, 5.74) is 4.15. The van der Waals surface area contributed by atoms with Crippen LogP contribution in [-0.2, 0) is 4.79 Å². The molecule has 3 nitrogen and oxygen atoms in total. The molecule has 4 heteroatoms. The first kappa shape index (κ1) is 15.0. The van der Waals surface area contributed by atoms with Crippen molar-refractivity contribution >= 4 is 17.3 Å². The van der Waals surface area contributed by atoms with Crippen LogP contribution in [0.3, 0.4) is 0 Å². The molecule has 2 rings (SSSR count). The summed E-state index contributed by atoms with van der Waals surface area (Å²) in [5, 5.41) is 5.77. The van der Waals surface area contributed by atoms with Crippen molar-refractivity contribution in [1.29, 1.82) is 0 Å². The van der Waals surface area contributed by atoms with E-state index in [4.69, 9.17) is 0 Å². The first-order valence-corrected chi connectivity index (χ1v) is 6.83. The van der Waals surface area contributed by atoms with Crippen LogP contribution in [0, 0.1) is 26.6 Å². The van der Waals surface area contributed by atoms with E-state index in [1.165, 1.54) is 6.07 Å². The van der Waals surface area contributed by atoms with Crippen LogP contribution in [0.1, 0.15) is 16.7 Å². The standard InChI is InChI=1S/C17H19FN2O/c1-11-5-4-6-16(13(11)3)20-17(21)10-19-14-8-7-12(2)15(18)9-14/h4-9,19H,10H2,1-3H3,(H,20,21). The van der Waals surface area contributed by atoms with E-state index in [0.717, 1.165) is 16.8 Å². The van der Waals surface area contributed by atoms with Crippen LogP contribution in [0.15, 0.2) is 36.4 Å². The van der Waals surface area contributed by atoms with Crippen LogP contribution in [-0.4, -0.2) is 12.5 Å². The zero-order valence-electron chi connectivity index (χ0n) is 12.5. The molecule has 0 aliphatic carbocycles. The highest BCUT2D eigenvalue weighted by Crippen LogP contribution is 2.18. The summed E-state index contributed by atoms with van der Waals surface area (Å²) in [6.45, 7) is 5.76. The second-order valence-corrected chi connectivity index (χ2v) is 5.11. The van der Waals surface area contributed by atoms with E-state index in [2.05, 4.69) is 10.6 Å². The molecule has 0 unspecified atom stereocenters. The van der Waals surface area contributed by atoms with Crippen molar-refractivity contribution in [2.24, 2.45) is 0 Å². The van der Waals surface area contributed by atoms with Crippen molar-refractivity contribution in [1.82, 2.24) is 0 Å². The largest absolute Gasteiger partial charge is 0.376 e. The van der Waals surface area contributed by atoms with Gasteiger partial charge in [0.1, 0.15) is 5.82 Å². The molecule has 2 aromatic rings. The Hall–Kier alpha value is -2.36. The van der Waals surface area contributed by atoms with E-state index in [1.54, 1.807) is 19.1 Å². The molecule has 0 aliphatic heterocycles. The van der Waals surface area contributed by atoms with Crippen LogP contribution in [0.4, 0.5) is 15.8 Å². The van der Waals surface area contributed by atoms with Gasteiger partial charge in [-0.2, -0.15) is 0 Å². The average Bonchev–Trinajstić information content (AvgIpc) is 2.45. The molecule has 2 N–H and O–H groups in total. The van der Waals surface area contributed by atoms with Crippen molar-refractivity contribution in [2.45, 2.75) is 20.8 Å². The van der Waals surface area contributed by atoms with Gasteiger partial charge in [0, 0.05) is 11.4 Å². The lowest BCUT2D eigenvalue weighted by Crippen LogP contribution is -2.22. The van der Waals surface area contributed by atoms with E-state index in [-0.39, 0.29) is 18.3 Å². The molecule has 2 aromatic carbocycles. The molecule has 0 spiro atoms. The fourth-order valence-electron chi connectivity index (χ4n) is 1.97. The van der Waals surface area contributed by atoms with Crippen molar-refractivity contribution in [3.05, 3.63) is 58.9 Å². The van der Waals surface area contributed by atoms with Crippen molar-refractivity contribution in [3.8, 4) is 0 Å². The molecule has 0 atom stereocenters. The van der Waals surface area contributed by atoms with E-state index in [1.807, 2.05) is 32.0 Å².